The van der Waals surface area contributed by atoms with Crippen molar-refractivity contribution in [3.05, 3.63) is 190 Å². The van der Waals surface area contributed by atoms with Gasteiger partial charge in [-0.1, -0.05) is 146 Å². The van der Waals surface area contributed by atoms with E-state index in [-0.39, 0.29) is 0 Å². The molecule has 0 radical (unpaired) electrons. The maximum absolute atomic E-state index is 5.27. The number of para-hydroxylation sites is 2. The van der Waals surface area contributed by atoms with Gasteiger partial charge in [0.25, 0.3) is 0 Å². The third kappa shape index (κ3) is 5.64. The molecule has 274 valence electrons. The minimum absolute atomic E-state index is 0.376. The van der Waals surface area contributed by atoms with Crippen molar-refractivity contribution in [1.29, 1.82) is 0 Å². The molecule has 0 bridgehead atoms. The molecule has 0 saturated carbocycles. The highest BCUT2D eigenvalue weighted by atomic mass is 15.0. The van der Waals surface area contributed by atoms with Crippen molar-refractivity contribution in [2.45, 2.75) is 39.5 Å². The minimum Gasteiger partial charge on any atom is -0.310 e. The van der Waals surface area contributed by atoms with Gasteiger partial charge in [-0.2, -0.15) is 0 Å². The summed E-state index contributed by atoms with van der Waals surface area (Å²) in [7, 11) is 0. The molecular weight excluding hydrogens is 691 g/mol. The Kier molecular flexibility index (Phi) is 8.03. The molecule has 0 spiro atoms. The maximum Gasteiger partial charge on any atom is 0.0979 e. The summed E-state index contributed by atoms with van der Waals surface area (Å²) in [4.78, 5) is 10.3. The first-order chi connectivity index (χ1) is 28.1. The van der Waals surface area contributed by atoms with Gasteiger partial charge in [0.05, 0.1) is 33.8 Å². The normalized spacial score (nSPS) is 18.2. The quantitative estimate of drug-likeness (QED) is 0.165. The van der Waals surface area contributed by atoms with E-state index in [1.54, 1.807) is 5.57 Å². The van der Waals surface area contributed by atoms with Crippen LogP contribution < -0.4 is 10.6 Å². The molecule has 3 nitrogen and oxygen atoms in total. The number of hydrogen-bond acceptors (Lipinski definition) is 2. The molecule has 2 atom stereocenters. The Bertz CT molecular complexity index is 3170. The van der Waals surface area contributed by atoms with Crippen LogP contribution in [0.2, 0.25) is 0 Å². The first-order valence-electron chi connectivity index (χ1n) is 20.4. The fraction of sp³-hybridized carbons (Fsp3) is 0.148. The molecule has 11 rings (SSSR count). The highest BCUT2D eigenvalue weighted by Crippen LogP contribution is 2.41. The molecule has 3 aliphatic carbocycles. The van der Waals surface area contributed by atoms with E-state index in [0.717, 1.165) is 53.2 Å². The summed E-state index contributed by atoms with van der Waals surface area (Å²) in [5.41, 5.74) is 15.1. The summed E-state index contributed by atoms with van der Waals surface area (Å²) >= 11 is 0. The minimum atomic E-state index is 0.376. The van der Waals surface area contributed by atoms with Crippen LogP contribution in [-0.4, -0.2) is 14.5 Å². The Morgan fingerprint density at radius 3 is 2.09 bits per heavy atom. The monoisotopic (exact) mass is 733 g/mol. The van der Waals surface area contributed by atoms with Crippen LogP contribution >= 0.6 is 0 Å². The fourth-order valence-electron chi connectivity index (χ4n) is 9.91. The van der Waals surface area contributed by atoms with Gasteiger partial charge >= 0.3 is 0 Å². The topological polar surface area (TPSA) is 30.7 Å². The third-order valence-electron chi connectivity index (χ3n) is 12.8. The summed E-state index contributed by atoms with van der Waals surface area (Å²) in [5.74, 6) is 0.830. The largest absolute Gasteiger partial charge is 0.310 e. The SMILES string of the molecule is CC1=C(c2cccc(C3=CC=C(c4cnc5c6ccccc6c6ccccc6c5n4)CC3)c2)CC(C)C(C2C=c3c(c4ccccc4n3-c3ccccc3)=CC2)=C1. The van der Waals surface area contributed by atoms with E-state index in [0.29, 0.717) is 11.8 Å². The van der Waals surface area contributed by atoms with Crippen molar-refractivity contribution >= 4 is 72.4 Å². The molecule has 3 heteroatoms. The van der Waals surface area contributed by atoms with Crippen molar-refractivity contribution in [2.75, 3.05) is 0 Å². The van der Waals surface area contributed by atoms with Crippen molar-refractivity contribution in [2.24, 2.45) is 11.8 Å². The number of fused-ring (bicyclic) bond motifs is 9. The average Bonchev–Trinajstić information content (AvgIpc) is 3.61. The van der Waals surface area contributed by atoms with Crippen LogP contribution in [0, 0.1) is 11.8 Å². The molecule has 6 aromatic carbocycles. The zero-order valence-electron chi connectivity index (χ0n) is 32.4. The van der Waals surface area contributed by atoms with Crippen LogP contribution in [-0.2, 0) is 0 Å². The van der Waals surface area contributed by atoms with Crippen LogP contribution in [0.4, 0.5) is 0 Å². The number of rotatable bonds is 5. The lowest BCUT2D eigenvalue weighted by Crippen LogP contribution is -2.33. The molecule has 0 amide bonds. The van der Waals surface area contributed by atoms with Crippen molar-refractivity contribution in [3.8, 4) is 5.69 Å². The van der Waals surface area contributed by atoms with E-state index < -0.39 is 0 Å². The van der Waals surface area contributed by atoms with E-state index in [9.17, 15) is 0 Å². The second-order valence-corrected chi connectivity index (χ2v) is 16.1. The molecule has 57 heavy (non-hydrogen) atoms. The van der Waals surface area contributed by atoms with Gasteiger partial charge in [-0.15, -0.1) is 0 Å². The predicted molar refractivity (Wildman–Crippen MR) is 240 cm³/mol. The van der Waals surface area contributed by atoms with Crippen LogP contribution in [0.5, 0.6) is 0 Å². The van der Waals surface area contributed by atoms with Gasteiger partial charge in [0, 0.05) is 33.0 Å². The molecule has 2 heterocycles. The summed E-state index contributed by atoms with van der Waals surface area (Å²) in [6.07, 6.45) is 18.1. The zero-order valence-corrected chi connectivity index (χ0v) is 32.4. The zero-order chi connectivity index (χ0) is 38.0. The number of allylic oxidation sites excluding steroid dienone is 8. The molecule has 0 N–H and O–H groups in total. The van der Waals surface area contributed by atoms with Crippen LogP contribution in [0.15, 0.2) is 163 Å². The standard InChI is InChI=1S/C54H43N3/c1-34-30-49(40-27-28-45-44-19-10-11-22-51(44)57(52(45)32-40)41-15-4-3-5-16-41)35(2)29-48(34)39-14-12-13-38(31-39)36-23-25-37(26-24-36)50-33-55-53-46-20-8-6-17-42(46)43-18-7-9-21-47(43)54(53)56-50/h3-23,25,28,30-33,35,40H,24,26-27,29H2,1-2H3. The second kappa shape index (κ2) is 13.6. The van der Waals surface area contributed by atoms with E-state index >= 15 is 0 Å². The number of hydrogen-bond donors (Lipinski definition) is 0. The van der Waals surface area contributed by atoms with Crippen LogP contribution in [0.1, 0.15) is 56.4 Å². The number of nitrogens with zero attached hydrogens (tertiary/aromatic N) is 3. The molecular formula is C54H43N3. The molecule has 2 unspecified atom stereocenters. The van der Waals surface area contributed by atoms with Gasteiger partial charge in [0.15, 0.2) is 0 Å². The summed E-state index contributed by atoms with van der Waals surface area (Å²) in [5, 5.41) is 8.78. The molecule has 0 fully saturated rings. The Morgan fingerprint density at radius 1 is 0.649 bits per heavy atom. The molecule has 0 saturated heterocycles. The van der Waals surface area contributed by atoms with Crippen molar-refractivity contribution in [3.63, 3.8) is 0 Å². The average molecular weight is 734 g/mol. The second-order valence-electron chi connectivity index (χ2n) is 16.1. The lowest BCUT2D eigenvalue weighted by molar-refractivity contribution is 0.610. The number of benzene rings is 6. The van der Waals surface area contributed by atoms with Crippen LogP contribution in [0.25, 0.3) is 78.0 Å². The van der Waals surface area contributed by atoms with Gasteiger partial charge in [-0.25, -0.2) is 4.98 Å². The van der Waals surface area contributed by atoms with E-state index in [4.69, 9.17) is 9.97 Å². The lowest BCUT2D eigenvalue weighted by Gasteiger charge is -2.30. The molecule has 0 aliphatic heterocycles. The van der Waals surface area contributed by atoms with E-state index in [2.05, 4.69) is 176 Å². The first kappa shape index (κ1) is 33.7. The highest BCUT2D eigenvalue weighted by Gasteiger charge is 2.26. The van der Waals surface area contributed by atoms with Gasteiger partial charge in [0.1, 0.15) is 0 Å². The smallest absolute Gasteiger partial charge is 0.0979 e. The highest BCUT2D eigenvalue weighted by molar-refractivity contribution is 6.23. The third-order valence-corrected chi connectivity index (χ3v) is 12.8. The first-order valence-corrected chi connectivity index (χ1v) is 20.4. The van der Waals surface area contributed by atoms with Gasteiger partial charge in [-0.3, -0.25) is 4.98 Å². The predicted octanol–water partition coefficient (Wildman–Crippen LogP) is 12.2. The Labute approximate surface area is 333 Å². The van der Waals surface area contributed by atoms with E-state index in [1.165, 1.54) is 71.3 Å². The summed E-state index contributed by atoms with van der Waals surface area (Å²) in [6, 6.07) is 46.1. The summed E-state index contributed by atoms with van der Waals surface area (Å²) < 4.78 is 2.46. The van der Waals surface area contributed by atoms with Gasteiger partial charge < -0.3 is 4.57 Å². The van der Waals surface area contributed by atoms with Gasteiger partial charge in [-0.05, 0) is 107 Å². The lowest BCUT2D eigenvalue weighted by atomic mass is 9.75. The molecule has 3 aliphatic rings. The van der Waals surface area contributed by atoms with Crippen molar-refractivity contribution < 1.29 is 0 Å². The molecule has 2 aromatic heterocycles. The summed E-state index contributed by atoms with van der Waals surface area (Å²) in [6.45, 7) is 4.74. The van der Waals surface area contributed by atoms with E-state index in [1.807, 2.05) is 6.20 Å². The Morgan fingerprint density at radius 2 is 1.32 bits per heavy atom. The maximum atomic E-state index is 5.27. The number of aromatic nitrogens is 3. The Hall–Kier alpha value is -6.58. The van der Waals surface area contributed by atoms with Crippen molar-refractivity contribution in [1.82, 2.24) is 14.5 Å². The van der Waals surface area contributed by atoms with Crippen LogP contribution in [0.3, 0.4) is 0 Å². The molecule has 8 aromatic rings. The Balaban J connectivity index is 0.905. The van der Waals surface area contributed by atoms with Gasteiger partial charge in [0.2, 0.25) is 0 Å². The fourth-order valence-corrected chi connectivity index (χ4v) is 9.91.